The summed E-state index contributed by atoms with van der Waals surface area (Å²) in [6.07, 6.45) is 6.10. The molecule has 1 heterocycles. The Morgan fingerprint density at radius 1 is 0.966 bits per heavy atom. The van der Waals surface area contributed by atoms with Gasteiger partial charge in [0.05, 0.1) is 5.39 Å². The number of aromatic hydroxyl groups is 4. The fourth-order valence-corrected chi connectivity index (χ4v) is 3.25. The molecule has 0 radical (unpaired) electrons. The van der Waals surface area contributed by atoms with Crippen LogP contribution in [-0.4, -0.2) is 20.4 Å². The van der Waals surface area contributed by atoms with Gasteiger partial charge >= 0.3 is 0 Å². The molecule has 29 heavy (non-hydrogen) atoms. The number of allylic oxidation sites excluding steroid dienone is 4. The molecule has 152 valence electrons. The van der Waals surface area contributed by atoms with E-state index in [9.17, 15) is 25.2 Å². The van der Waals surface area contributed by atoms with Gasteiger partial charge in [-0.25, -0.2) is 0 Å². The third-order valence-corrected chi connectivity index (χ3v) is 4.87. The summed E-state index contributed by atoms with van der Waals surface area (Å²) in [7, 11) is 0. The Kier molecular flexibility index (Phi) is 5.55. The minimum atomic E-state index is -0.566. The Balaban J connectivity index is 2.16. The van der Waals surface area contributed by atoms with E-state index in [4.69, 9.17) is 4.42 Å². The van der Waals surface area contributed by atoms with Crippen LogP contribution in [0.3, 0.4) is 0 Å². The minimum Gasteiger partial charge on any atom is -0.507 e. The first-order valence-corrected chi connectivity index (χ1v) is 9.35. The summed E-state index contributed by atoms with van der Waals surface area (Å²) in [5.41, 5.74) is 1.90. The summed E-state index contributed by atoms with van der Waals surface area (Å²) in [5.74, 6) is -1.62. The SMILES string of the molecule is CC(C)=CCC/C(C)=C/Cc1c(O)cc(O)c2c(=O)c3ccc(O)c(O)c3oc12. The van der Waals surface area contributed by atoms with Crippen LogP contribution in [0.15, 0.2) is 50.7 Å². The van der Waals surface area contributed by atoms with Crippen LogP contribution < -0.4 is 5.43 Å². The van der Waals surface area contributed by atoms with Crippen LogP contribution in [0.2, 0.25) is 0 Å². The molecule has 0 unspecified atom stereocenters. The van der Waals surface area contributed by atoms with Gasteiger partial charge in [0.15, 0.2) is 11.3 Å². The molecule has 0 atom stereocenters. The van der Waals surface area contributed by atoms with E-state index in [0.29, 0.717) is 5.56 Å². The molecule has 0 aliphatic carbocycles. The first-order chi connectivity index (χ1) is 13.7. The molecule has 0 saturated heterocycles. The van der Waals surface area contributed by atoms with Crippen LogP contribution in [0, 0.1) is 0 Å². The van der Waals surface area contributed by atoms with E-state index in [-0.39, 0.29) is 34.1 Å². The van der Waals surface area contributed by atoms with Crippen LogP contribution in [0.25, 0.3) is 21.9 Å². The topological polar surface area (TPSA) is 111 Å². The molecule has 0 bridgehead atoms. The van der Waals surface area contributed by atoms with E-state index in [2.05, 4.69) is 6.08 Å². The molecule has 6 nitrogen and oxygen atoms in total. The van der Waals surface area contributed by atoms with Gasteiger partial charge in [0.2, 0.25) is 11.2 Å². The highest BCUT2D eigenvalue weighted by atomic mass is 16.4. The van der Waals surface area contributed by atoms with E-state index in [0.717, 1.165) is 24.5 Å². The molecule has 0 aliphatic heterocycles. The van der Waals surface area contributed by atoms with Crippen molar-refractivity contribution >= 4 is 21.9 Å². The van der Waals surface area contributed by atoms with Gasteiger partial charge in [-0.15, -0.1) is 0 Å². The lowest BCUT2D eigenvalue weighted by molar-refractivity contribution is 0.401. The highest BCUT2D eigenvalue weighted by molar-refractivity contribution is 5.98. The van der Waals surface area contributed by atoms with Crippen LogP contribution in [0.1, 0.15) is 39.2 Å². The fourth-order valence-electron chi connectivity index (χ4n) is 3.25. The molecule has 0 amide bonds. The molecular weight excluding hydrogens is 372 g/mol. The largest absolute Gasteiger partial charge is 0.507 e. The highest BCUT2D eigenvalue weighted by Gasteiger charge is 2.20. The summed E-state index contributed by atoms with van der Waals surface area (Å²) >= 11 is 0. The summed E-state index contributed by atoms with van der Waals surface area (Å²) in [6, 6.07) is 3.61. The van der Waals surface area contributed by atoms with Crippen molar-refractivity contribution in [3.05, 3.63) is 57.3 Å². The van der Waals surface area contributed by atoms with Crippen LogP contribution in [-0.2, 0) is 6.42 Å². The molecule has 0 saturated carbocycles. The van der Waals surface area contributed by atoms with Crippen LogP contribution >= 0.6 is 0 Å². The van der Waals surface area contributed by atoms with Gasteiger partial charge in [-0.1, -0.05) is 23.3 Å². The Morgan fingerprint density at radius 3 is 2.38 bits per heavy atom. The van der Waals surface area contributed by atoms with Crippen molar-refractivity contribution in [3.8, 4) is 23.0 Å². The van der Waals surface area contributed by atoms with Gasteiger partial charge in [0.1, 0.15) is 22.5 Å². The van der Waals surface area contributed by atoms with Gasteiger partial charge in [0, 0.05) is 11.6 Å². The molecule has 3 aromatic rings. The van der Waals surface area contributed by atoms with Crippen LogP contribution in [0.5, 0.6) is 23.0 Å². The lowest BCUT2D eigenvalue weighted by Gasteiger charge is -2.11. The smallest absolute Gasteiger partial charge is 0.204 e. The van der Waals surface area contributed by atoms with Gasteiger partial charge in [-0.3, -0.25) is 4.79 Å². The lowest BCUT2D eigenvalue weighted by atomic mass is 10.0. The fraction of sp³-hybridized carbons (Fsp3) is 0.261. The predicted octanol–water partition coefficient (Wildman–Crippen LogP) is 5.00. The third-order valence-electron chi connectivity index (χ3n) is 4.87. The molecule has 1 aromatic heterocycles. The second-order valence-corrected chi connectivity index (χ2v) is 7.41. The highest BCUT2D eigenvalue weighted by Crippen LogP contribution is 2.39. The quantitative estimate of drug-likeness (QED) is 0.274. The number of hydrogen-bond acceptors (Lipinski definition) is 6. The number of rotatable bonds is 5. The molecule has 2 aromatic carbocycles. The van der Waals surface area contributed by atoms with Crippen molar-refractivity contribution in [1.29, 1.82) is 0 Å². The Labute approximate surface area is 167 Å². The Hall–Kier alpha value is -3.41. The summed E-state index contributed by atoms with van der Waals surface area (Å²) in [5, 5.41) is 40.4. The predicted molar refractivity (Wildman–Crippen MR) is 113 cm³/mol. The number of fused-ring (bicyclic) bond motifs is 2. The van der Waals surface area contributed by atoms with E-state index in [1.165, 1.54) is 17.7 Å². The molecule has 3 rings (SSSR count). The van der Waals surface area contributed by atoms with E-state index in [1.54, 1.807) is 0 Å². The zero-order chi connectivity index (χ0) is 21.3. The number of phenols is 4. The van der Waals surface area contributed by atoms with Crippen molar-refractivity contribution in [2.24, 2.45) is 0 Å². The van der Waals surface area contributed by atoms with E-state index < -0.39 is 22.7 Å². The van der Waals surface area contributed by atoms with Crippen molar-refractivity contribution in [1.82, 2.24) is 0 Å². The molecule has 0 aliphatic rings. The van der Waals surface area contributed by atoms with Gasteiger partial charge in [-0.2, -0.15) is 0 Å². The van der Waals surface area contributed by atoms with Crippen molar-refractivity contribution in [2.45, 2.75) is 40.0 Å². The summed E-state index contributed by atoms with van der Waals surface area (Å²) < 4.78 is 5.71. The zero-order valence-electron chi connectivity index (χ0n) is 16.6. The molecule has 0 fully saturated rings. The standard InChI is InChI=1S/C23H24O6/c1-12(2)5-4-6-13(3)7-8-14-17(25)11-18(26)19-20(27)15-9-10-16(24)21(28)23(15)29-22(14)19/h5,7,9-11,24-26,28H,4,6,8H2,1-3H3/b13-7+. The average molecular weight is 396 g/mol. The van der Waals surface area contributed by atoms with E-state index in [1.807, 2.05) is 26.8 Å². The van der Waals surface area contributed by atoms with Crippen molar-refractivity contribution < 1.29 is 24.8 Å². The monoisotopic (exact) mass is 396 g/mol. The average Bonchev–Trinajstić information content (AvgIpc) is 2.64. The summed E-state index contributed by atoms with van der Waals surface area (Å²) in [4.78, 5) is 12.9. The van der Waals surface area contributed by atoms with E-state index >= 15 is 0 Å². The number of hydrogen-bond donors (Lipinski definition) is 4. The normalized spacial score (nSPS) is 11.9. The van der Waals surface area contributed by atoms with Crippen molar-refractivity contribution in [3.63, 3.8) is 0 Å². The maximum Gasteiger partial charge on any atom is 0.204 e. The molecular formula is C23H24O6. The van der Waals surface area contributed by atoms with Crippen LogP contribution in [0.4, 0.5) is 0 Å². The molecule has 4 N–H and O–H groups in total. The summed E-state index contributed by atoms with van der Waals surface area (Å²) in [6.45, 7) is 6.06. The van der Waals surface area contributed by atoms with Gasteiger partial charge < -0.3 is 24.8 Å². The minimum absolute atomic E-state index is 0.0192. The zero-order valence-corrected chi connectivity index (χ0v) is 16.6. The molecule has 0 spiro atoms. The first-order valence-electron chi connectivity index (χ1n) is 9.35. The van der Waals surface area contributed by atoms with Gasteiger partial charge in [0.25, 0.3) is 0 Å². The molecule has 6 heteroatoms. The Morgan fingerprint density at radius 2 is 1.69 bits per heavy atom. The number of phenolic OH excluding ortho intramolecular Hbond substituents is 4. The van der Waals surface area contributed by atoms with Gasteiger partial charge in [-0.05, 0) is 52.2 Å². The first kappa shape index (κ1) is 20.3. The second-order valence-electron chi connectivity index (χ2n) is 7.41. The maximum absolute atomic E-state index is 12.9. The second kappa shape index (κ2) is 7.91. The lowest BCUT2D eigenvalue weighted by Crippen LogP contribution is -2.04. The number of benzene rings is 2. The maximum atomic E-state index is 12.9. The third kappa shape index (κ3) is 3.92. The Bertz CT molecular complexity index is 1210. The van der Waals surface area contributed by atoms with Crippen molar-refractivity contribution in [2.75, 3.05) is 0 Å².